The molecule has 0 fully saturated rings. The van der Waals surface area contributed by atoms with Crippen LogP contribution in [0.25, 0.3) is 11.3 Å². The molecule has 102 valence electrons. The fraction of sp³-hybridized carbons (Fsp3) is 0.125. The first-order valence-electron chi connectivity index (χ1n) is 6.25. The second-order valence-corrected chi connectivity index (χ2v) is 4.15. The first-order chi connectivity index (χ1) is 9.72. The van der Waals surface area contributed by atoms with E-state index < -0.39 is 5.97 Å². The third kappa shape index (κ3) is 3.23. The summed E-state index contributed by atoms with van der Waals surface area (Å²) in [6.07, 6.45) is 4.14. The molecule has 0 unspecified atom stereocenters. The zero-order valence-corrected chi connectivity index (χ0v) is 11.0. The molecule has 0 radical (unpaired) electrons. The van der Waals surface area contributed by atoms with E-state index in [2.05, 4.69) is 11.6 Å². The molecule has 0 saturated heterocycles. The quantitative estimate of drug-likeness (QED) is 0.645. The molecule has 0 aliphatic heterocycles. The monoisotopic (exact) mass is 269 g/mol. The van der Waals surface area contributed by atoms with E-state index in [1.54, 1.807) is 48.7 Å². The number of aromatic nitrogens is 1. The van der Waals surface area contributed by atoms with Crippen LogP contribution in [0.4, 0.5) is 0 Å². The van der Waals surface area contributed by atoms with Crippen LogP contribution in [0.1, 0.15) is 16.8 Å². The van der Waals surface area contributed by atoms with E-state index in [4.69, 9.17) is 4.74 Å². The highest BCUT2D eigenvalue weighted by molar-refractivity contribution is 5.95. The minimum absolute atomic E-state index is 0.225. The van der Waals surface area contributed by atoms with Gasteiger partial charge in [-0.25, -0.2) is 4.79 Å². The summed E-state index contributed by atoms with van der Waals surface area (Å²) in [7, 11) is 0. The Morgan fingerprint density at radius 2 is 2.15 bits per heavy atom. The summed E-state index contributed by atoms with van der Waals surface area (Å²) < 4.78 is 5.55. The van der Waals surface area contributed by atoms with Gasteiger partial charge in [-0.05, 0) is 18.6 Å². The number of aromatic carboxylic acids is 1. The van der Waals surface area contributed by atoms with Gasteiger partial charge in [0.25, 0.3) is 0 Å². The fourth-order valence-electron chi connectivity index (χ4n) is 1.80. The van der Waals surface area contributed by atoms with Crippen LogP contribution in [-0.2, 0) is 0 Å². The maximum atomic E-state index is 11.2. The Hall–Kier alpha value is -2.62. The number of ether oxygens (including phenoxy) is 1. The Morgan fingerprint density at radius 1 is 1.35 bits per heavy atom. The molecule has 2 rings (SSSR count). The van der Waals surface area contributed by atoms with Crippen LogP contribution < -0.4 is 4.74 Å². The van der Waals surface area contributed by atoms with E-state index in [0.717, 1.165) is 6.42 Å². The summed E-state index contributed by atoms with van der Waals surface area (Å²) in [5.41, 5.74) is 1.39. The minimum atomic E-state index is -0.972. The zero-order valence-electron chi connectivity index (χ0n) is 11.0. The first-order valence-corrected chi connectivity index (χ1v) is 6.25. The van der Waals surface area contributed by atoms with Gasteiger partial charge >= 0.3 is 5.97 Å². The van der Waals surface area contributed by atoms with Gasteiger partial charge in [-0.3, -0.25) is 4.98 Å². The highest BCUT2D eigenvalue weighted by Crippen LogP contribution is 2.25. The number of benzene rings is 1. The number of carboxylic acids is 1. The molecule has 1 heterocycles. The molecule has 2 aromatic rings. The van der Waals surface area contributed by atoms with Crippen LogP contribution in [0.2, 0.25) is 0 Å². The fourth-order valence-corrected chi connectivity index (χ4v) is 1.80. The summed E-state index contributed by atoms with van der Waals surface area (Å²) in [6.45, 7) is 4.17. The molecule has 4 heteroatoms. The lowest BCUT2D eigenvalue weighted by atomic mass is 10.0. The Kier molecular flexibility index (Phi) is 4.50. The lowest BCUT2D eigenvalue weighted by molar-refractivity contribution is 0.0697. The van der Waals surface area contributed by atoms with Gasteiger partial charge in [-0.2, -0.15) is 0 Å². The Labute approximate surface area is 117 Å². The minimum Gasteiger partial charge on any atom is -0.493 e. The second kappa shape index (κ2) is 6.52. The number of hydrogen-bond donors (Lipinski definition) is 1. The number of carboxylic acid groups (broad SMARTS) is 1. The predicted molar refractivity (Wildman–Crippen MR) is 76.9 cm³/mol. The van der Waals surface area contributed by atoms with E-state index >= 15 is 0 Å². The first kappa shape index (κ1) is 13.8. The highest BCUT2D eigenvalue weighted by Gasteiger charge is 2.12. The van der Waals surface area contributed by atoms with Crippen molar-refractivity contribution in [3.05, 3.63) is 60.8 Å². The normalized spacial score (nSPS) is 10.0. The molecular weight excluding hydrogens is 254 g/mol. The van der Waals surface area contributed by atoms with Crippen LogP contribution in [0, 0.1) is 0 Å². The van der Waals surface area contributed by atoms with Crippen molar-refractivity contribution in [1.29, 1.82) is 0 Å². The Bertz CT molecular complexity index is 623. The van der Waals surface area contributed by atoms with Gasteiger partial charge in [-0.15, -0.1) is 6.58 Å². The van der Waals surface area contributed by atoms with Gasteiger partial charge in [0.05, 0.1) is 17.9 Å². The molecule has 1 aromatic heterocycles. The molecule has 0 aliphatic carbocycles. The summed E-state index contributed by atoms with van der Waals surface area (Å²) in [4.78, 5) is 15.4. The van der Waals surface area contributed by atoms with Crippen LogP contribution in [0.3, 0.4) is 0 Å². The number of pyridine rings is 1. The van der Waals surface area contributed by atoms with E-state index in [1.807, 2.05) is 0 Å². The molecule has 0 atom stereocenters. The lowest BCUT2D eigenvalue weighted by Crippen LogP contribution is -2.01. The van der Waals surface area contributed by atoms with E-state index in [-0.39, 0.29) is 5.56 Å². The van der Waals surface area contributed by atoms with E-state index in [9.17, 15) is 9.90 Å². The van der Waals surface area contributed by atoms with Crippen molar-refractivity contribution < 1.29 is 14.6 Å². The number of nitrogens with zero attached hydrogens (tertiary/aromatic N) is 1. The van der Waals surface area contributed by atoms with Crippen molar-refractivity contribution in [3.63, 3.8) is 0 Å². The van der Waals surface area contributed by atoms with Gasteiger partial charge in [0.2, 0.25) is 0 Å². The predicted octanol–water partition coefficient (Wildman–Crippen LogP) is 3.40. The van der Waals surface area contributed by atoms with Gasteiger partial charge in [0.15, 0.2) is 0 Å². The standard InChI is InChI=1S/C16H15NO3/c1-2-3-10-20-12-8-9-17-15(11-12)13-6-4-5-7-14(13)16(18)19/h2,4-9,11H,1,3,10H2,(H,18,19). The lowest BCUT2D eigenvalue weighted by Gasteiger charge is -2.08. The highest BCUT2D eigenvalue weighted by atomic mass is 16.5. The summed E-state index contributed by atoms with van der Waals surface area (Å²) in [5, 5.41) is 9.20. The SMILES string of the molecule is C=CCCOc1ccnc(-c2ccccc2C(=O)O)c1. The molecule has 1 aromatic carbocycles. The van der Waals surface area contributed by atoms with Crippen molar-refractivity contribution in [2.24, 2.45) is 0 Å². The number of hydrogen-bond acceptors (Lipinski definition) is 3. The molecule has 0 amide bonds. The van der Waals surface area contributed by atoms with Gasteiger partial charge in [-0.1, -0.05) is 24.3 Å². The van der Waals surface area contributed by atoms with E-state index in [1.165, 1.54) is 0 Å². The van der Waals surface area contributed by atoms with Crippen LogP contribution >= 0.6 is 0 Å². The largest absolute Gasteiger partial charge is 0.493 e. The smallest absolute Gasteiger partial charge is 0.336 e. The average molecular weight is 269 g/mol. The summed E-state index contributed by atoms with van der Waals surface area (Å²) in [5.74, 6) is -0.308. The molecule has 0 saturated carbocycles. The summed E-state index contributed by atoms with van der Waals surface area (Å²) in [6, 6.07) is 10.3. The molecule has 4 nitrogen and oxygen atoms in total. The van der Waals surface area contributed by atoms with Crippen molar-refractivity contribution in [2.75, 3.05) is 6.61 Å². The molecule has 20 heavy (non-hydrogen) atoms. The van der Waals surface area contributed by atoms with Crippen molar-refractivity contribution in [1.82, 2.24) is 4.98 Å². The molecule has 0 bridgehead atoms. The number of rotatable bonds is 6. The maximum Gasteiger partial charge on any atom is 0.336 e. The van der Waals surface area contributed by atoms with Crippen molar-refractivity contribution in [2.45, 2.75) is 6.42 Å². The third-order valence-electron chi connectivity index (χ3n) is 2.76. The van der Waals surface area contributed by atoms with Crippen molar-refractivity contribution in [3.8, 4) is 17.0 Å². The second-order valence-electron chi connectivity index (χ2n) is 4.15. The van der Waals surface area contributed by atoms with E-state index in [0.29, 0.717) is 23.6 Å². The topological polar surface area (TPSA) is 59.4 Å². The van der Waals surface area contributed by atoms with Crippen LogP contribution in [0.15, 0.2) is 55.3 Å². The van der Waals surface area contributed by atoms with Crippen LogP contribution in [-0.4, -0.2) is 22.7 Å². The van der Waals surface area contributed by atoms with Gasteiger partial charge < -0.3 is 9.84 Å². The maximum absolute atomic E-state index is 11.2. The Balaban J connectivity index is 2.31. The molecule has 1 N–H and O–H groups in total. The average Bonchev–Trinajstić information content (AvgIpc) is 2.48. The van der Waals surface area contributed by atoms with Crippen LogP contribution in [0.5, 0.6) is 5.75 Å². The zero-order chi connectivity index (χ0) is 14.4. The summed E-state index contributed by atoms with van der Waals surface area (Å²) >= 11 is 0. The Morgan fingerprint density at radius 3 is 2.90 bits per heavy atom. The molecule has 0 aliphatic rings. The van der Waals surface area contributed by atoms with Gasteiger partial charge in [0, 0.05) is 17.8 Å². The molecular formula is C16H15NO3. The van der Waals surface area contributed by atoms with Crippen molar-refractivity contribution >= 4 is 5.97 Å². The number of carbonyl (C=O) groups is 1. The van der Waals surface area contributed by atoms with Gasteiger partial charge in [0.1, 0.15) is 5.75 Å². The molecule has 0 spiro atoms. The third-order valence-corrected chi connectivity index (χ3v) is 2.76.